The van der Waals surface area contributed by atoms with E-state index in [2.05, 4.69) is 25.8 Å². The highest BCUT2D eigenvalue weighted by Crippen LogP contribution is 2.31. The third-order valence-corrected chi connectivity index (χ3v) is 5.05. The molecule has 0 saturated heterocycles. The van der Waals surface area contributed by atoms with E-state index >= 15 is 0 Å². The Morgan fingerprint density at radius 2 is 1.96 bits per heavy atom. The second-order valence-corrected chi connectivity index (χ2v) is 7.00. The fourth-order valence-electron chi connectivity index (χ4n) is 2.54. The van der Waals surface area contributed by atoms with Crippen molar-refractivity contribution in [3.63, 3.8) is 0 Å². The number of hydrogen-bond acceptors (Lipinski definition) is 8. The normalized spacial score (nSPS) is 12.0. The predicted octanol–water partition coefficient (Wildman–Crippen LogP) is 2.27. The van der Waals surface area contributed by atoms with Gasteiger partial charge in [0.25, 0.3) is 5.91 Å². The van der Waals surface area contributed by atoms with Crippen LogP contribution in [0.5, 0.6) is 0 Å². The summed E-state index contributed by atoms with van der Waals surface area (Å²) in [6.45, 7) is 3.89. The van der Waals surface area contributed by atoms with Gasteiger partial charge in [-0.1, -0.05) is 44.2 Å². The molecule has 0 aliphatic rings. The second kappa shape index (κ2) is 8.04. The van der Waals surface area contributed by atoms with Crippen LogP contribution in [0.2, 0.25) is 0 Å². The number of tetrazole rings is 1. The standard InChI is InChI=1S/C17H18N6O3S/c1-10(2)14-12(16(25)26-3)19-17(27-14)20-15(24)13(23-9-18-21-22-23)11-7-5-4-6-8-11/h4-10,13H,1-3H3,(H,19,20,24)/t13-/m0/s1. The Labute approximate surface area is 159 Å². The number of benzene rings is 1. The van der Waals surface area contributed by atoms with Crippen molar-refractivity contribution < 1.29 is 14.3 Å². The zero-order chi connectivity index (χ0) is 19.4. The molecule has 3 rings (SSSR count). The molecule has 1 N–H and O–H groups in total. The summed E-state index contributed by atoms with van der Waals surface area (Å²) in [6, 6.07) is 8.37. The number of anilines is 1. The maximum Gasteiger partial charge on any atom is 0.357 e. The first-order valence-corrected chi connectivity index (χ1v) is 9.00. The molecule has 9 nitrogen and oxygen atoms in total. The van der Waals surface area contributed by atoms with Crippen LogP contribution in [0.15, 0.2) is 36.7 Å². The molecule has 27 heavy (non-hydrogen) atoms. The van der Waals surface area contributed by atoms with Gasteiger partial charge in [0.05, 0.1) is 7.11 Å². The summed E-state index contributed by atoms with van der Waals surface area (Å²) in [5.41, 5.74) is 0.933. The van der Waals surface area contributed by atoms with Gasteiger partial charge in [-0.15, -0.1) is 16.4 Å². The van der Waals surface area contributed by atoms with E-state index in [4.69, 9.17) is 4.74 Å². The zero-order valence-corrected chi connectivity index (χ0v) is 15.8. The average Bonchev–Trinajstić information content (AvgIpc) is 3.32. The SMILES string of the molecule is COC(=O)c1nc(NC(=O)[C@H](c2ccccc2)n2cnnn2)sc1C(C)C. The van der Waals surface area contributed by atoms with Crippen LogP contribution in [0.1, 0.15) is 46.7 Å². The van der Waals surface area contributed by atoms with Gasteiger partial charge in [0.1, 0.15) is 6.33 Å². The minimum absolute atomic E-state index is 0.0617. The second-order valence-electron chi connectivity index (χ2n) is 5.97. The molecule has 0 radical (unpaired) electrons. The lowest BCUT2D eigenvalue weighted by Crippen LogP contribution is -2.27. The van der Waals surface area contributed by atoms with Gasteiger partial charge >= 0.3 is 5.97 Å². The van der Waals surface area contributed by atoms with E-state index in [0.29, 0.717) is 5.13 Å². The van der Waals surface area contributed by atoms with Crippen molar-refractivity contribution in [2.75, 3.05) is 12.4 Å². The van der Waals surface area contributed by atoms with Crippen molar-refractivity contribution in [1.82, 2.24) is 25.2 Å². The van der Waals surface area contributed by atoms with Gasteiger partial charge < -0.3 is 4.74 Å². The molecule has 1 atom stereocenters. The number of hydrogen-bond donors (Lipinski definition) is 1. The van der Waals surface area contributed by atoms with Gasteiger partial charge in [0, 0.05) is 4.88 Å². The molecule has 10 heteroatoms. The third-order valence-electron chi connectivity index (χ3n) is 3.78. The molecule has 140 valence electrons. The molecule has 0 bridgehead atoms. The topological polar surface area (TPSA) is 112 Å². The van der Waals surface area contributed by atoms with Crippen LogP contribution in [0.25, 0.3) is 0 Å². The largest absolute Gasteiger partial charge is 0.464 e. The molecule has 0 spiro atoms. The number of nitrogens with zero attached hydrogens (tertiary/aromatic N) is 5. The van der Waals surface area contributed by atoms with E-state index in [9.17, 15) is 9.59 Å². The van der Waals surface area contributed by atoms with Crippen LogP contribution in [-0.2, 0) is 9.53 Å². The number of amides is 1. The van der Waals surface area contributed by atoms with E-state index in [-0.39, 0.29) is 17.5 Å². The van der Waals surface area contributed by atoms with E-state index in [1.165, 1.54) is 29.5 Å². The maximum absolute atomic E-state index is 13.0. The number of ether oxygens (including phenoxy) is 1. The zero-order valence-electron chi connectivity index (χ0n) is 15.0. The molecular formula is C17H18N6O3S. The van der Waals surface area contributed by atoms with Crippen molar-refractivity contribution in [3.8, 4) is 0 Å². The molecule has 0 aliphatic carbocycles. The number of rotatable bonds is 6. The van der Waals surface area contributed by atoms with Gasteiger partial charge in [0.2, 0.25) is 0 Å². The summed E-state index contributed by atoms with van der Waals surface area (Å²) >= 11 is 1.24. The maximum atomic E-state index is 13.0. The smallest absolute Gasteiger partial charge is 0.357 e. The number of carbonyl (C=O) groups excluding carboxylic acids is 2. The highest BCUT2D eigenvalue weighted by molar-refractivity contribution is 7.16. The highest BCUT2D eigenvalue weighted by Gasteiger charge is 2.27. The molecule has 0 fully saturated rings. The van der Waals surface area contributed by atoms with Crippen LogP contribution in [0.3, 0.4) is 0 Å². The van der Waals surface area contributed by atoms with Gasteiger partial charge in [-0.2, -0.15) is 0 Å². The fraction of sp³-hybridized carbons (Fsp3) is 0.294. The van der Waals surface area contributed by atoms with Crippen molar-refractivity contribution in [2.45, 2.75) is 25.8 Å². The summed E-state index contributed by atoms with van der Waals surface area (Å²) in [5, 5.41) is 14.2. The lowest BCUT2D eigenvalue weighted by atomic mass is 10.1. The summed E-state index contributed by atoms with van der Waals surface area (Å²) in [6.07, 6.45) is 1.37. The van der Waals surface area contributed by atoms with Crippen molar-refractivity contribution >= 4 is 28.3 Å². The van der Waals surface area contributed by atoms with Crippen molar-refractivity contribution in [3.05, 3.63) is 52.8 Å². The minimum atomic E-state index is -0.769. The molecule has 1 amide bonds. The predicted molar refractivity (Wildman–Crippen MR) is 98.6 cm³/mol. The monoisotopic (exact) mass is 386 g/mol. The Hall–Kier alpha value is -3.14. The Kier molecular flexibility index (Phi) is 5.55. The molecule has 0 saturated carbocycles. The Bertz CT molecular complexity index is 924. The summed E-state index contributed by atoms with van der Waals surface area (Å²) in [4.78, 5) is 29.9. The van der Waals surface area contributed by atoms with E-state index < -0.39 is 12.0 Å². The molecule has 1 aromatic carbocycles. The van der Waals surface area contributed by atoms with E-state index in [1.54, 1.807) is 0 Å². The van der Waals surface area contributed by atoms with E-state index in [0.717, 1.165) is 10.4 Å². The molecule has 2 aromatic heterocycles. The van der Waals surface area contributed by atoms with Crippen LogP contribution in [-0.4, -0.2) is 44.2 Å². The molecule has 3 aromatic rings. The number of carbonyl (C=O) groups is 2. The molecular weight excluding hydrogens is 368 g/mol. The number of thiazole rings is 1. The number of nitrogens with one attached hydrogen (secondary N) is 1. The molecule has 0 aliphatic heterocycles. The van der Waals surface area contributed by atoms with Crippen LogP contribution in [0.4, 0.5) is 5.13 Å². The average molecular weight is 386 g/mol. The Morgan fingerprint density at radius 1 is 1.22 bits per heavy atom. The van der Waals surface area contributed by atoms with Gasteiger partial charge in [-0.3, -0.25) is 10.1 Å². The lowest BCUT2D eigenvalue weighted by molar-refractivity contribution is -0.118. The fourth-order valence-corrected chi connectivity index (χ4v) is 3.50. The first-order valence-electron chi connectivity index (χ1n) is 8.18. The summed E-state index contributed by atoms with van der Waals surface area (Å²) < 4.78 is 6.15. The van der Waals surface area contributed by atoms with Crippen LogP contribution in [0, 0.1) is 0 Å². The Balaban J connectivity index is 1.92. The van der Waals surface area contributed by atoms with Crippen molar-refractivity contribution in [1.29, 1.82) is 0 Å². The van der Waals surface area contributed by atoms with E-state index in [1.807, 2.05) is 44.2 Å². The lowest BCUT2D eigenvalue weighted by Gasteiger charge is -2.15. The quantitative estimate of drug-likeness (QED) is 0.647. The molecule has 2 heterocycles. The van der Waals surface area contributed by atoms with Gasteiger partial charge in [-0.05, 0) is 21.9 Å². The highest BCUT2D eigenvalue weighted by atomic mass is 32.1. The summed E-state index contributed by atoms with van der Waals surface area (Å²) in [5.74, 6) is -0.837. The number of methoxy groups -OCH3 is 1. The van der Waals surface area contributed by atoms with Crippen molar-refractivity contribution in [2.24, 2.45) is 0 Å². The Morgan fingerprint density at radius 3 is 2.56 bits per heavy atom. The third kappa shape index (κ3) is 4.00. The minimum Gasteiger partial charge on any atom is -0.464 e. The first kappa shape index (κ1) is 18.6. The summed E-state index contributed by atoms with van der Waals surface area (Å²) in [7, 11) is 1.30. The first-order chi connectivity index (χ1) is 13.0. The number of aromatic nitrogens is 5. The molecule has 0 unspecified atom stereocenters. The van der Waals surface area contributed by atoms with Crippen LogP contribution >= 0.6 is 11.3 Å². The van der Waals surface area contributed by atoms with Crippen LogP contribution < -0.4 is 5.32 Å². The van der Waals surface area contributed by atoms with Gasteiger partial charge in [0.15, 0.2) is 16.9 Å². The number of esters is 1. The van der Waals surface area contributed by atoms with Gasteiger partial charge in [-0.25, -0.2) is 14.5 Å².